The molecule has 2 atom stereocenters. The van der Waals surface area contributed by atoms with E-state index in [4.69, 9.17) is 4.74 Å². The van der Waals surface area contributed by atoms with Gasteiger partial charge < -0.3 is 4.74 Å². The van der Waals surface area contributed by atoms with Crippen molar-refractivity contribution in [3.8, 4) is 0 Å². The third kappa shape index (κ3) is 2.51. The number of para-hydroxylation sites is 1. The number of aromatic nitrogens is 1. The number of fused-ring (bicyclic) bond motifs is 3. The standard InChI is InChI=1S/C23H23NO3/c1-15-17-11-7-8-12-19(17)24-20(15)23(2,16-9-5-4-6-10-16)14-13-18(21(24)25)22(26)27-3/h4-12,18H,13-14H2,1-3H3/t18-,23-/m0/s1. The fourth-order valence-electron chi connectivity index (χ4n) is 4.57. The zero-order chi connectivity index (χ0) is 19.2. The first-order chi connectivity index (χ1) is 13.0. The number of benzene rings is 2. The quantitative estimate of drug-likeness (QED) is 0.499. The molecular formula is C23H23NO3. The lowest BCUT2D eigenvalue weighted by Crippen LogP contribution is -2.30. The first-order valence-electron chi connectivity index (χ1n) is 9.27. The first kappa shape index (κ1) is 17.5. The summed E-state index contributed by atoms with van der Waals surface area (Å²) in [7, 11) is 1.34. The van der Waals surface area contributed by atoms with Gasteiger partial charge in [0.05, 0.1) is 12.6 Å². The zero-order valence-corrected chi connectivity index (χ0v) is 15.9. The lowest BCUT2D eigenvalue weighted by Gasteiger charge is -2.30. The highest BCUT2D eigenvalue weighted by atomic mass is 16.5. The molecule has 0 bridgehead atoms. The molecule has 0 fully saturated rings. The van der Waals surface area contributed by atoms with E-state index in [0.717, 1.165) is 27.7 Å². The SMILES string of the molecule is COC(=O)[C@H]1CC[C@@](C)(c2ccccc2)c2c(C)c3ccccc3n2C1=O. The van der Waals surface area contributed by atoms with Gasteiger partial charge in [-0.3, -0.25) is 14.2 Å². The molecule has 0 saturated carbocycles. The molecule has 0 N–H and O–H groups in total. The number of nitrogens with zero attached hydrogens (tertiary/aromatic N) is 1. The van der Waals surface area contributed by atoms with Gasteiger partial charge in [-0.25, -0.2) is 0 Å². The lowest BCUT2D eigenvalue weighted by atomic mass is 9.74. The van der Waals surface area contributed by atoms with E-state index < -0.39 is 11.9 Å². The number of ether oxygens (including phenoxy) is 1. The molecule has 0 spiro atoms. The van der Waals surface area contributed by atoms with Gasteiger partial charge in [0.15, 0.2) is 0 Å². The van der Waals surface area contributed by atoms with Crippen molar-refractivity contribution in [3.05, 3.63) is 71.4 Å². The van der Waals surface area contributed by atoms with Crippen molar-refractivity contribution in [1.29, 1.82) is 0 Å². The number of methoxy groups -OCH3 is 1. The summed E-state index contributed by atoms with van der Waals surface area (Å²) in [6.45, 7) is 4.24. The minimum absolute atomic E-state index is 0.194. The van der Waals surface area contributed by atoms with E-state index in [1.165, 1.54) is 7.11 Å². The monoisotopic (exact) mass is 361 g/mol. The summed E-state index contributed by atoms with van der Waals surface area (Å²) in [5.74, 6) is -1.44. The summed E-state index contributed by atoms with van der Waals surface area (Å²) in [6, 6.07) is 18.1. The molecule has 1 aromatic heterocycles. The van der Waals surface area contributed by atoms with Crippen LogP contribution in [-0.2, 0) is 14.9 Å². The van der Waals surface area contributed by atoms with Crippen LogP contribution in [0, 0.1) is 12.8 Å². The van der Waals surface area contributed by atoms with Crippen LogP contribution in [0.5, 0.6) is 0 Å². The van der Waals surface area contributed by atoms with Gasteiger partial charge in [0.2, 0.25) is 5.91 Å². The molecule has 0 saturated heterocycles. The van der Waals surface area contributed by atoms with E-state index in [-0.39, 0.29) is 11.3 Å². The van der Waals surface area contributed by atoms with Gasteiger partial charge in [-0.2, -0.15) is 0 Å². The Hall–Kier alpha value is -2.88. The third-order valence-electron chi connectivity index (χ3n) is 6.00. The first-order valence-corrected chi connectivity index (χ1v) is 9.27. The molecule has 2 aromatic carbocycles. The second-order valence-corrected chi connectivity index (χ2v) is 7.48. The predicted octanol–water partition coefficient (Wildman–Crippen LogP) is 4.48. The maximum absolute atomic E-state index is 13.4. The van der Waals surface area contributed by atoms with Crippen LogP contribution in [0.25, 0.3) is 10.9 Å². The zero-order valence-electron chi connectivity index (χ0n) is 15.9. The van der Waals surface area contributed by atoms with Gasteiger partial charge in [-0.1, -0.05) is 48.5 Å². The fraction of sp³-hybridized carbons (Fsp3) is 0.304. The molecule has 4 rings (SSSR count). The molecule has 3 aromatic rings. The smallest absolute Gasteiger partial charge is 0.318 e. The topological polar surface area (TPSA) is 48.3 Å². The maximum atomic E-state index is 13.4. The molecule has 138 valence electrons. The normalized spacial score (nSPS) is 22.3. The number of aryl methyl sites for hydroxylation is 1. The number of carbonyl (C=O) groups is 2. The number of rotatable bonds is 2. The van der Waals surface area contributed by atoms with E-state index in [0.29, 0.717) is 12.8 Å². The Balaban J connectivity index is 2.06. The van der Waals surface area contributed by atoms with Gasteiger partial charge in [0.1, 0.15) is 5.92 Å². The van der Waals surface area contributed by atoms with E-state index in [9.17, 15) is 9.59 Å². The number of carbonyl (C=O) groups excluding carboxylic acids is 2. The summed E-state index contributed by atoms with van der Waals surface area (Å²) in [5.41, 5.74) is 3.70. The highest BCUT2D eigenvalue weighted by Crippen LogP contribution is 2.45. The molecule has 0 aliphatic carbocycles. The van der Waals surface area contributed by atoms with Crippen LogP contribution in [-0.4, -0.2) is 23.6 Å². The molecule has 2 heterocycles. The summed E-state index contributed by atoms with van der Waals surface area (Å²) in [6.07, 6.45) is 1.16. The molecule has 0 unspecified atom stereocenters. The van der Waals surface area contributed by atoms with Crippen molar-refractivity contribution < 1.29 is 14.3 Å². The molecule has 0 amide bonds. The van der Waals surface area contributed by atoms with Crippen molar-refractivity contribution >= 4 is 22.8 Å². The van der Waals surface area contributed by atoms with Gasteiger partial charge in [-0.15, -0.1) is 0 Å². The van der Waals surface area contributed by atoms with E-state index in [1.807, 2.05) is 42.5 Å². The van der Waals surface area contributed by atoms with Crippen molar-refractivity contribution in [3.63, 3.8) is 0 Å². The van der Waals surface area contributed by atoms with Crippen LogP contribution in [0.1, 0.15) is 41.4 Å². The van der Waals surface area contributed by atoms with Crippen LogP contribution < -0.4 is 0 Å². The highest BCUT2D eigenvalue weighted by molar-refractivity contribution is 6.05. The molecule has 0 radical (unpaired) electrons. The summed E-state index contributed by atoms with van der Waals surface area (Å²) in [5, 5.41) is 1.05. The lowest BCUT2D eigenvalue weighted by molar-refractivity contribution is -0.144. The van der Waals surface area contributed by atoms with E-state index in [2.05, 4.69) is 26.0 Å². The second-order valence-electron chi connectivity index (χ2n) is 7.48. The Morgan fingerprint density at radius 2 is 1.78 bits per heavy atom. The summed E-state index contributed by atoms with van der Waals surface area (Å²) >= 11 is 0. The van der Waals surface area contributed by atoms with Crippen molar-refractivity contribution in [2.75, 3.05) is 7.11 Å². The van der Waals surface area contributed by atoms with Crippen LogP contribution in [0.2, 0.25) is 0 Å². The largest absolute Gasteiger partial charge is 0.468 e. The highest BCUT2D eigenvalue weighted by Gasteiger charge is 2.43. The van der Waals surface area contributed by atoms with Crippen molar-refractivity contribution in [2.24, 2.45) is 5.92 Å². The van der Waals surface area contributed by atoms with Crippen molar-refractivity contribution in [1.82, 2.24) is 4.57 Å². The average Bonchev–Trinajstić information content (AvgIpc) is 2.94. The van der Waals surface area contributed by atoms with Crippen LogP contribution in [0.15, 0.2) is 54.6 Å². The van der Waals surface area contributed by atoms with Crippen LogP contribution in [0.3, 0.4) is 0 Å². The molecule has 4 nitrogen and oxygen atoms in total. The molecule has 1 aliphatic heterocycles. The Kier molecular flexibility index (Phi) is 4.14. The van der Waals surface area contributed by atoms with Crippen LogP contribution in [0.4, 0.5) is 0 Å². The van der Waals surface area contributed by atoms with Gasteiger partial charge in [-0.05, 0) is 43.9 Å². The maximum Gasteiger partial charge on any atom is 0.318 e. The number of hydrogen-bond donors (Lipinski definition) is 0. The van der Waals surface area contributed by atoms with E-state index in [1.54, 1.807) is 4.57 Å². The minimum Gasteiger partial charge on any atom is -0.468 e. The van der Waals surface area contributed by atoms with E-state index >= 15 is 0 Å². The van der Waals surface area contributed by atoms with Gasteiger partial charge in [0, 0.05) is 16.5 Å². The molecule has 4 heteroatoms. The average molecular weight is 361 g/mol. The fourth-order valence-corrected chi connectivity index (χ4v) is 4.57. The summed E-state index contributed by atoms with van der Waals surface area (Å²) < 4.78 is 6.72. The van der Waals surface area contributed by atoms with Crippen molar-refractivity contribution in [2.45, 2.75) is 32.1 Å². The molecule has 1 aliphatic rings. The summed E-state index contributed by atoms with van der Waals surface area (Å²) in [4.78, 5) is 25.8. The van der Waals surface area contributed by atoms with Crippen LogP contribution >= 0.6 is 0 Å². The predicted molar refractivity (Wildman–Crippen MR) is 105 cm³/mol. The third-order valence-corrected chi connectivity index (χ3v) is 6.00. The Bertz CT molecular complexity index is 1030. The second kappa shape index (κ2) is 6.38. The molecule has 27 heavy (non-hydrogen) atoms. The number of esters is 1. The Labute approximate surface area is 158 Å². The Morgan fingerprint density at radius 3 is 2.48 bits per heavy atom. The Morgan fingerprint density at radius 1 is 1.11 bits per heavy atom. The minimum atomic E-state index is -0.783. The number of hydrogen-bond acceptors (Lipinski definition) is 3. The van der Waals surface area contributed by atoms with Gasteiger partial charge >= 0.3 is 5.97 Å². The van der Waals surface area contributed by atoms with Gasteiger partial charge in [0.25, 0.3) is 0 Å². The molecular weight excluding hydrogens is 338 g/mol.